The van der Waals surface area contributed by atoms with E-state index in [1.165, 1.54) is 37.2 Å². The van der Waals surface area contributed by atoms with Gasteiger partial charge >= 0.3 is 0 Å². The quantitative estimate of drug-likeness (QED) is 0.820. The lowest BCUT2D eigenvalue weighted by Crippen LogP contribution is -2.36. The van der Waals surface area contributed by atoms with Gasteiger partial charge in [-0.1, -0.05) is 6.07 Å². The van der Waals surface area contributed by atoms with E-state index in [1.54, 1.807) is 0 Å². The lowest BCUT2D eigenvalue weighted by molar-refractivity contribution is 0.262. The van der Waals surface area contributed by atoms with Gasteiger partial charge in [-0.05, 0) is 37.3 Å². The maximum Gasteiger partial charge on any atom is 0.0219 e. The molecule has 1 aliphatic rings. The van der Waals surface area contributed by atoms with Crippen LogP contribution in [0, 0.1) is 0 Å². The van der Waals surface area contributed by atoms with Gasteiger partial charge in [-0.2, -0.15) is 0 Å². The Balaban J connectivity index is 1.80. The minimum absolute atomic E-state index is 0.648. The summed E-state index contributed by atoms with van der Waals surface area (Å²) in [5, 5.41) is 2.15. The van der Waals surface area contributed by atoms with Gasteiger partial charge in [-0.3, -0.25) is 4.90 Å². The molecule has 2 rings (SSSR count). The van der Waals surface area contributed by atoms with E-state index in [4.69, 9.17) is 5.73 Å². The second-order valence-corrected chi connectivity index (χ2v) is 4.93. The van der Waals surface area contributed by atoms with Crippen molar-refractivity contribution in [1.82, 2.24) is 4.90 Å². The molecule has 14 heavy (non-hydrogen) atoms. The van der Waals surface area contributed by atoms with Crippen molar-refractivity contribution in [3.63, 3.8) is 0 Å². The third-order valence-electron chi connectivity index (χ3n) is 3.00. The molecule has 1 unspecified atom stereocenters. The van der Waals surface area contributed by atoms with E-state index >= 15 is 0 Å². The summed E-state index contributed by atoms with van der Waals surface area (Å²) in [7, 11) is 0. The van der Waals surface area contributed by atoms with E-state index in [9.17, 15) is 0 Å². The van der Waals surface area contributed by atoms with Crippen molar-refractivity contribution in [1.29, 1.82) is 0 Å². The van der Waals surface area contributed by atoms with Crippen LogP contribution in [0.3, 0.4) is 0 Å². The Bertz CT molecular complexity index is 258. The van der Waals surface area contributed by atoms with Gasteiger partial charge in [0.1, 0.15) is 0 Å². The van der Waals surface area contributed by atoms with Crippen molar-refractivity contribution in [2.45, 2.75) is 25.3 Å². The summed E-state index contributed by atoms with van der Waals surface area (Å²) in [5.74, 6) is 0. The summed E-state index contributed by atoms with van der Waals surface area (Å²) < 4.78 is 0. The number of hydrogen-bond donors (Lipinski definition) is 1. The topological polar surface area (TPSA) is 29.3 Å². The molecule has 2 heterocycles. The normalized spacial score (nSPS) is 23.1. The molecule has 0 amide bonds. The van der Waals surface area contributed by atoms with Crippen LogP contribution in [0.2, 0.25) is 0 Å². The lowest BCUT2D eigenvalue weighted by atomic mass is 10.2. The van der Waals surface area contributed by atoms with Crippen LogP contribution in [0.15, 0.2) is 17.5 Å². The van der Waals surface area contributed by atoms with Crippen LogP contribution in [0.5, 0.6) is 0 Å². The number of nitrogens with two attached hydrogens (primary N) is 1. The Morgan fingerprint density at radius 3 is 3.21 bits per heavy atom. The summed E-state index contributed by atoms with van der Waals surface area (Å²) in [6, 6.07) is 5.00. The van der Waals surface area contributed by atoms with E-state index in [0.717, 1.165) is 6.54 Å². The van der Waals surface area contributed by atoms with E-state index in [-0.39, 0.29) is 0 Å². The molecule has 0 aliphatic carbocycles. The largest absolute Gasteiger partial charge is 0.329 e. The molecule has 78 valence electrons. The molecule has 2 nitrogen and oxygen atoms in total. The van der Waals surface area contributed by atoms with Crippen molar-refractivity contribution in [2.75, 3.05) is 19.6 Å². The molecule has 1 aliphatic heterocycles. The zero-order valence-corrected chi connectivity index (χ0v) is 9.30. The molecular formula is C11H18N2S. The minimum atomic E-state index is 0.648. The average molecular weight is 210 g/mol. The zero-order valence-electron chi connectivity index (χ0n) is 8.48. The SMILES string of the molecule is NCC1CCCN1CCc1cccs1. The van der Waals surface area contributed by atoms with Crippen LogP contribution < -0.4 is 5.73 Å². The molecule has 3 heteroatoms. The molecule has 0 aromatic carbocycles. The third kappa shape index (κ3) is 2.35. The van der Waals surface area contributed by atoms with Crippen LogP contribution in [0.1, 0.15) is 17.7 Å². The standard InChI is InChI=1S/C11H18N2S/c12-9-10-3-1-6-13(10)7-5-11-4-2-8-14-11/h2,4,8,10H,1,3,5-7,9,12H2. The molecule has 1 saturated heterocycles. The van der Waals surface area contributed by atoms with Crippen molar-refractivity contribution < 1.29 is 0 Å². The molecule has 0 bridgehead atoms. The van der Waals surface area contributed by atoms with E-state index in [1.807, 2.05) is 11.3 Å². The Morgan fingerprint density at radius 1 is 1.57 bits per heavy atom. The van der Waals surface area contributed by atoms with Crippen molar-refractivity contribution in [3.8, 4) is 0 Å². The molecule has 1 aromatic heterocycles. The van der Waals surface area contributed by atoms with Gasteiger partial charge in [0.05, 0.1) is 0 Å². The number of likely N-dealkylation sites (tertiary alicyclic amines) is 1. The van der Waals surface area contributed by atoms with E-state index < -0.39 is 0 Å². The highest BCUT2D eigenvalue weighted by atomic mass is 32.1. The molecule has 2 N–H and O–H groups in total. The van der Waals surface area contributed by atoms with Gasteiger partial charge in [-0.25, -0.2) is 0 Å². The molecule has 1 fully saturated rings. The lowest BCUT2D eigenvalue weighted by Gasteiger charge is -2.22. The van der Waals surface area contributed by atoms with Crippen LogP contribution in [0.25, 0.3) is 0 Å². The highest BCUT2D eigenvalue weighted by Gasteiger charge is 2.22. The maximum atomic E-state index is 5.73. The van der Waals surface area contributed by atoms with Gasteiger partial charge in [0.25, 0.3) is 0 Å². The predicted octanol–water partition coefficient (Wildman–Crippen LogP) is 1.71. The Hall–Kier alpha value is -0.380. The van der Waals surface area contributed by atoms with Crippen molar-refractivity contribution in [2.24, 2.45) is 5.73 Å². The van der Waals surface area contributed by atoms with Gasteiger partial charge in [0, 0.05) is 24.0 Å². The first-order valence-electron chi connectivity index (χ1n) is 5.36. The molecule has 1 aromatic rings. The third-order valence-corrected chi connectivity index (χ3v) is 3.93. The fraction of sp³-hybridized carbons (Fsp3) is 0.636. The molecule has 1 atom stereocenters. The fourth-order valence-corrected chi connectivity index (χ4v) is 2.86. The first-order chi connectivity index (χ1) is 6.90. The summed E-state index contributed by atoms with van der Waals surface area (Å²) in [6.07, 6.45) is 3.81. The van der Waals surface area contributed by atoms with Crippen LogP contribution in [-0.2, 0) is 6.42 Å². The first kappa shape index (κ1) is 10.1. The highest BCUT2D eigenvalue weighted by molar-refractivity contribution is 7.09. The molecular weight excluding hydrogens is 192 g/mol. The van der Waals surface area contributed by atoms with Gasteiger partial charge in [0.15, 0.2) is 0 Å². The summed E-state index contributed by atoms with van der Waals surface area (Å²) >= 11 is 1.86. The minimum Gasteiger partial charge on any atom is -0.329 e. The van der Waals surface area contributed by atoms with Crippen molar-refractivity contribution in [3.05, 3.63) is 22.4 Å². The zero-order chi connectivity index (χ0) is 9.80. The summed E-state index contributed by atoms with van der Waals surface area (Å²) in [6.45, 7) is 3.25. The van der Waals surface area contributed by atoms with Crippen LogP contribution in [0.4, 0.5) is 0 Å². The fourth-order valence-electron chi connectivity index (χ4n) is 2.17. The summed E-state index contributed by atoms with van der Waals surface area (Å²) in [5.41, 5.74) is 5.73. The number of hydrogen-bond acceptors (Lipinski definition) is 3. The van der Waals surface area contributed by atoms with E-state index in [0.29, 0.717) is 6.04 Å². The maximum absolute atomic E-state index is 5.73. The monoisotopic (exact) mass is 210 g/mol. The summed E-state index contributed by atoms with van der Waals surface area (Å²) in [4.78, 5) is 4.03. The second-order valence-electron chi connectivity index (χ2n) is 3.90. The number of rotatable bonds is 4. The number of thiophene rings is 1. The Morgan fingerprint density at radius 2 is 2.50 bits per heavy atom. The molecule has 0 spiro atoms. The molecule has 0 radical (unpaired) electrons. The first-order valence-corrected chi connectivity index (χ1v) is 6.24. The highest BCUT2D eigenvalue weighted by Crippen LogP contribution is 2.17. The van der Waals surface area contributed by atoms with Crippen LogP contribution >= 0.6 is 11.3 Å². The smallest absolute Gasteiger partial charge is 0.0219 e. The van der Waals surface area contributed by atoms with Crippen LogP contribution in [-0.4, -0.2) is 30.6 Å². The Kier molecular flexibility index (Phi) is 3.56. The van der Waals surface area contributed by atoms with Gasteiger partial charge < -0.3 is 5.73 Å². The van der Waals surface area contributed by atoms with Gasteiger partial charge in [-0.15, -0.1) is 11.3 Å². The average Bonchev–Trinajstić information content (AvgIpc) is 2.85. The second kappa shape index (κ2) is 4.91. The Labute approximate surface area is 89.7 Å². The van der Waals surface area contributed by atoms with Gasteiger partial charge in [0.2, 0.25) is 0 Å². The predicted molar refractivity (Wildman–Crippen MR) is 61.7 cm³/mol. The van der Waals surface area contributed by atoms with E-state index in [2.05, 4.69) is 22.4 Å². The molecule has 0 saturated carbocycles. The van der Waals surface area contributed by atoms with Crippen molar-refractivity contribution >= 4 is 11.3 Å². The number of nitrogens with zero attached hydrogens (tertiary/aromatic N) is 1.